The summed E-state index contributed by atoms with van der Waals surface area (Å²) in [7, 11) is 0. The van der Waals surface area contributed by atoms with Crippen LogP contribution < -0.4 is 5.32 Å². The number of rotatable bonds is 5. The van der Waals surface area contributed by atoms with Crippen molar-refractivity contribution in [2.24, 2.45) is 0 Å². The van der Waals surface area contributed by atoms with E-state index in [4.69, 9.17) is 0 Å². The maximum Gasteiger partial charge on any atom is 0.333 e. The predicted molar refractivity (Wildman–Crippen MR) is 69.8 cm³/mol. The monoisotopic (exact) mass is 298 g/mol. The normalized spacial score (nSPS) is 12.9. The molecule has 0 aliphatic rings. The van der Waals surface area contributed by atoms with Crippen LogP contribution in [-0.2, 0) is 0 Å². The van der Waals surface area contributed by atoms with Crippen LogP contribution in [0.15, 0.2) is 18.6 Å². The van der Waals surface area contributed by atoms with E-state index in [2.05, 4.69) is 20.6 Å². The fraction of sp³-hybridized carbons (Fsp3) is 0.500. The summed E-state index contributed by atoms with van der Waals surface area (Å²) in [5, 5.41) is 14.0. The minimum atomic E-state index is -2.77. The fourth-order valence-electron chi connectivity index (χ4n) is 1.86. The molecule has 0 bridgehead atoms. The molecule has 0 aliphatic carbocycles. The fourth-order valence-corrected chi connectivity index (χ4v) is 1.86. The maximum atomic E-state index is 12.4. The van der Waals surface area contributed by atoms with Gasteiger partial charge in [-0.1, -0.05) is 0 Å². The number of carbonyl (C=O) groups is 1. The lowest BCUT2D eigenvalue weighted by Gasteiger charge is -2.16. The smallest absolute Gasteiger partial charge is 0.333 e. The first kappa shape index (κ1) is 15.1. The number of nitrogens with one attached hydrogen (secondary N) is 1. The first-order chi connectivity index (χ1) is 9.90. The largest absolute Gasteiger partial charge is 0.341 e. The summed E-state index contributed by atoms with van der Waals surface area (Å²) in [5.41, 5.74) is -0.0715. The first-order valence-corrected chi connectivity index (χ1v) is 6.43. The molecule has 114 valence electrons. The molecule has 2 heterocycles. The number of alkyl halides is 2. The van der Waals surface area contributed by atoms with E-state index >= 15 is 0 Å². The molecule has 9 heteroatoms. The van der Waals surface area contributed by atoms with Crippen LogP contribution in [0.5, 0.6) is 0 Å². The molecule has 21 heavy (non-hydrogen) atoms. The number of nitrogens with zero attached hydrogens (tertiary/aromatic N) is 5. The number of hydrogen-bond donors (Lipinski definition) is 1. The molecule has 0 aliphatic heterocycles. The third-order valence-corrected chi connectivity index (χ3v) is 2.93. The Morgan fingerprint density at radius 2 is 2.05 bits per heavy atom. The molecule has 1 N–H and O–H groups in total. The summed E-state index contributed by atoms with van der Waals surface area (Å²) in [4.78, 5) is 12.0. The van der Waals surface area contributed by atoms with Crippen molar-refractivity contribution in [2.45, 2.75) is 39.4 Å². The third kappa shape index (κ3) is 3.23. The summed E-state index contributed by atoms with van der Waals surface area (Å²) in [5.74, 6) is 0.0480. The van der Waals surface area contributed by atoms with Gasteiger partial charge in [-0.15, -0.1) is 10.2 Å². The average molecular weight is 298 g/mol. The highest BCUT2D eigenvalue weighted by Gasteiger charge is 2.20. The molecule has 1 amide bonds. The van der Waals surface area contributed by atoms with Crippen molar-refractivity contribution in [3.63, 3.8) is 0 Å². The van der Waals surface area contributed by atoms with Crippen molar-refractivity contribution in [3.8, 4) is 0 Å². The van der Waals surface area contributed by atoms with Crippen LogP contribution >= 0.6 is 0 Å². The quantitative estimate of drug-likeness (QED) is 0.915. The molecule has 0 saturated heterocycles. The van der Waals surface area contributed by atoms with Crippen LogP contribution in [0.25, 0.3) is 0 Å². The van der Waals surface area contributed by atoms with Crippen molar-refractivity contribution in [1.82, 2.24) is 29.9 Å². The van der Waals surface area contributed by atoms with Crippen LogP contribution in [-0.4, -0.2) is 30.5 Å². The number of aromatic nitrogens is 5. The molecule has 7 nitrogen and oxygen atoms in total. The second kappa shape index (κ2) is 5.98. The van der Waals surface area contributed by atoms with E-state index in [9.17, 15) is 13.6 Å². The second-order valence-electron chi connectivity index (χ2n) is 4.84. The van der Waals surface area contributed by atoms with Gasteiger partial charge in [-0.2, -0.15) is 13.9 Å². The lowest BCUT2D eigenvalue weighted by Crippen LogP contribution is -2.29. The minimum absolute atomic E-state index is 0.0715. The Labute approximate surface area is 120 Å². The number of hydrogen-bond acceptors (Lipinski definition) is 4. The van der Waals surface area contributed by atoms with E-state index in [0.717, 1.165) is 6.20 Å². The average Bonchev–Trinajstić information content (AvgIpc) is 3.07. The highest BCUT2D eigenvalue weighted by atomic mass is 19.3. The summed E-state index contributed by atoms with van der Waals surface area (Å²) in [6, 6.07) is 0.966. The first-order valence-electron chi connectivity index (χ1n) is 6.43. The van der Waals surface area contributed by atoms with E-state index in [-0.39, 0.29) is 11.7 Å². The Bertz CT molecular complexity index is 621. The van der Waals surface area contributed by atoms with Gasteiger partial charge in [0.2, 0.25) is 0 Å². The standard InChI is InChI=1S/C12H16F2N6O/c1-7(2)19-6-15-17-10(19)8(3)16-11(21)9-4-5-20(18-9)12(13)14/h4-8,12H,1-3H3,(H,16,21)/t8-/m0/s1. The van der Waals surface area contributed by atoms with Crippen molar-refractivity contribution in [1.29, 1.82) is 0 Å². The van der Waals surface area contributed by atoms with Crippen LogP contribution in [0.1, 0.15) is 55.7 Å². The van der Waals surface area contributed by atoms with E-state index in [1.807, 2.05) is 18.4 Å². The van der Waals surface area contributed by atoms with Gasteiger partial charge in [0.25, 0.3) is 5.91 Å². The summed E-state index contributed by atoms with van der Waals surface area (Å²) in [6.07, 6.45) is 2.63. The Hall–Kier alpha value is -2.32. The molecule has 1 atom stereocenters. The molecule has 0 spiro atoms. The molecular formula is C12H16F2N6O. The van der Waals surface area contributed by atoms with Gasteiger partial charge < -0.3 is 9.88 Å². The second-order valence-corrected chi connectivity index (χ2v) is 4.84. The molecular weight excluding hydrogens is 282 g/mol. The third-order valence-electron chi connectivity index (χ3n) is 2.93. The summed E-state index contributed by atoms with van der Waals surface area (Å²) in [6.45, 7) is 2.90. The Morgan fingerprint density at radius 3 is 2.62 bits per heavy atom. The number of halogens is 2. The lowest BCUT2D eigenvalue weighted by molar-refractivity contribution is 0.0559. The van der Waals surface area contributed by atoms with Crippen molar-refractivity contribution < 1.29 is 13.6 Å². The highest BCUT2D eigenvalue weighted by molar-refractivity contribution is 5.92. The zero-order chi connectivity index (χ0) is 15.6. The minimum Gasteiger partial charge on any atom is -0.341 e. The van der Waals surface area contributed by atoms with Crippen molar-refractivity contribution >= 4 is 5.91 Å². The Morgan fingerprint density at radius 1 is 1.33 bits per heavy atom. The van der Waals surface area contributed by atoms with E-state index in [0.29, 0.717) is 10.5 Å². The van der Waals surface area contributed by atoms with Gasteiger partial charge in [-0.3, -0.25) is 4.79 Å². The molecule has 2 aromatic heterocycles. The van der Waals surface area contributed by atoms with Gasteiger partial charge in [0, 0.05) is 12.2 Å². The van der Waals surface area contributed by atoms with E-state index in [1.165, 1.54) is 6.07 Å². The lowest BCUT2D eigenvalue weighted by atomic mass is 10.2. The van der Waals surface area contributed by atoms with Gasteiger partial charge in [0.15, 0.2) is 5.82 Å². The van der Waals surface area contributed by atoms with Crippen LogP contribution in [0.3, 0.4) is 0 Å². The van der Waals surface area contributed by atoms with Gasteiger partial charge in [-0.05, 0) is 26.8 Å². The Balaban J connectivity index is 2.09. The molecule has 0 saturated carbocycles. The molecule has 0 unspecified atom stereocenters. The molecule has 2 rings (SSSR count). The van der Waals surface area contributed by atoms with Gasteiger partial charge in [-0.25, -0.2) is 4.68 Å². The topological polar surface area (TPSA) is 77.6 Å². The zero-order valence-corrected chi connectivity index (χ0v) is 11.9. The predicted octanol–water partition coefficient (Wildman–Crippen LogP) is 1.94. The molecule has 0 fully saturated rings. The van der Waals surface area contributed by atoms with Gasteiger partial charge in [0.1, 0.15) is 12.0 Å². The van der Waals surface area contributed by atoms with Gasteiger partial charge >= 0.3 is 6.55 Å². The maximum absolute atomic E-state index is 12.4. The van der Waals surface area contributed by atoms with Crippen LogP contribution in [0.4, 0.5) is 8.78 Å². The molecule has 2 aromatic rings. The molecule has 0 aromatic carbocycles. The van der Waals surface area contributed by atoms with Gasteiger partial charge in [0.05, 0.1) is 6.04 Å². The van der Waals surface area contributed by atoms with Crippen LogP contribution in [0, 0.1) is 0 Å². The summed E-state index contributed by atoms with van der Waals surface area (Å²) >= 11 is 0. The molecule has 0 radical (unpaired) electrons. The van der Waals surface area contributed by atoms with Crippen LogP contribution in [0.2, 0.25) is 0 Å². The Kier molecular flexibility index (Phi) is 4.29. The van der Waals surface area contributed by atoms with E-state index in [1.54, 1.807) is 13.3 Å². The highest BCUT2D eigenvalue weighted by Crippen LogP contribution is 2.15. The van der Waals surface area contributed by atoms with Crippen molar-refractivity contribution in [2.75, 3.05) is 0 Å². The number of amides is 1. The SMILES string of the molecule is CC(C)n1cnnc1[C@H](C)NC(=O)c1ccn(C(F)F)n1. The summed E-state index contributed by atoms with van der Waals surface area (Å²) < 4.78 is 27.1. The number of carbonyl (C=O) groups excluding carboxylic acids is 1. The van der Waals surface area contributed by atoms with E-state index < -0.39 is 18.5 Å². The van der Waals surface area contributed by atoms with Crippen molar-refractivity contribution in [3.05, 3.63) is 30.1 Å². The zero-order valence-electron chi connectivity index (χ0n) is 11.9.